The van der Waals surface area contributed by atoms with Crippen LogP contribution in [0, 0.1) is 12.8 Å². The average Bonchev–Trinajstić information content (AvgIpc) is 3.28. The van der Waals surface area contributed by atoms with Crippen molar-refractivity contribution in [2.24, 2.45) is 5.92 Å². The van der Waals surface area contributed by atoms with Crippen LogP contribution in [0.25, 0.3) is 0 Å². The number of benzene rings is 2. The summed E-state index contributed by atoms with van der Waals surface area (Å²) in [6.45, 7) is 9.33. The van der Waals surface area contributed by atoms with Crippen LogP contribution in [0.5, 0.6) is 17.2 Å². The number of carbonyl (C=O) groups is 2. The molecule has 1 N–H and O–H groups in total. The fourth-order valence-electron chi connectivity index (χ4n) is 4.18. The number of nitrogens with zero attached hydrogens (tertiary/aromatic N) is 1. The van der Waals surface area contributed by atoms with Crippen molar-refractivity contribution < 1.29 is 23.8 Å². The van der Waals surface area contributed by atoms with Gasteiger partial charge in [-0.3, -0.25) is 9.59 Å². The molecule has 33 heavy (non-hydrogen) atoms. The first-order valence-corrected chi connectivity index (χ1v) is 11.6. The van der Waals surface area contributed by atoms with Crippen LogP contribution in [0.4, 0.5) is 5.69 Å². The molecule has 0 spiro atoms. The van der Waals surface area contributed by atoms with Crippen molar-refractivity contribution in [3.05, 3.63) is 47.5 Å². The lowest BCUT2D eigenvalue weighted by molar-refractivity contribution is -0.140. The van der Waals surface area contributed by atoms with E-state index in [1.54, 1.807) is 30.0 Å². The van der Waals surface area contributed by atoms with E-state index < -0.39 is 6.10 Å². The Kier molecular flexibility index (Phi) is 6.77. The molecule has 2 heterocycles. The standard InChI is InChI=1S/C26H32N2O5/c1-16(2)20-6-5-17(3)23(13-20)33-18(4)26(30)28-11-9-19(10-12-28)25(29)27-21-7-8-22-24(14-21)32-15-31-22/h5-8,13-14,16,18-19H,9-12,15H2,1-4H3,(H,27,29). The number of amides is 2. The number of carbonyl (C=O) groups excluding carboxylic acids is 2. The highest BCUT2D eigenvalue weighted by Gasteiger charge is 2.30. The second-order valence-electron chi connectivity index (χ2n) is 9.10. The molecule has 0 saturated carbocycles. The van der Waals surface area contributed by atoms with Gasteiger partial charge in [0, 0.05) is 30.8 Å². The number of ether oxygens (including phenoxy) is 3. The Bertz CT molecular complexity index is 1030. The number of hydrogen-bond donors (Lipinski definition) is 1. The van der Waals surface area contributed by atoms with Gasteiger partial charge in [0.2, 0.25) is 12.7 Å². The summed E-state index contributed by atoms with van der Waals surface area (Å²) in [4.78, 5) is 27.5. The molecule has 2 aromatic carbocycles. The molecule has 0 bridgehead atoms. The minimum absolute atomic E-state index is 0.0358. The molecule has 1 atom stereocenters. The van der Waals surface area contributed by atoms with E-state index >= 15 is 0 Å². The summed E-state index contributed by atoms with van der Waals surface area (Å²) in [6, 6.07) is 11.5. The van der Waals surface area contributed by atoms with Gasteiger partial charge in [0.1, 0.15) is 5.75 Å². The minimum atomic E-state index is -0.579. The molecule has 2 aliphatic heterocycles. The van der Waals surface area contributed by atoms with E-state index in [1.165, 1.54) is 5.56 Å². The summed E-state index contributed by atoms with van der Waals surface area (Å²) in [6.07, 6.45) is 0.665. The quantitative estimate of drug-likeness (QED) is 0.699. The van der Waals surface area contributed by atoms with Crippen molar-refractivity contribution in [3.63, 3.8) is 0 Å². The van der Waals surface area contributed by atoms with Crippen molar-refractivity contribution in [2.45, 2.75) is 52.6 Å². The molecule has 0 aromatic heterocycles. The lowest BCUT2D eigenvalue weighted by Gasteiger charge is -2.33. The van der Waals surface area contributed by atoms with Crippen LogP contribution in [-0.4, -0.2) is 42.7 Å². The van der Waals surface area contributed by atoms with Gasteiger partial charge in [-0.15, -0.1) is 0 Å². The van der Waals surface area contributed by atoms with Gasteiger partial charge >= 0.3 is 0 Å². The molecule has 1 unspecified atom stereocenters. The molecule has 176 valence electrons. The molecular formula is C26H32N2O5. The number of fused-ring (bicyclic) bond motifs is 1. The van der Waals surface area contributed by atoms with E-state index in [0.29, 0.717) is 49.0 Å². The molecule has 0 aliphatic carbocycles. The van der Waals surface area contributed by atoms with Gasteiger partial charge in [0.15, 0.2) is 17.6 Å². The topological polar surface area (TPSA) is 77.1 Å². The predicted molar refractivity (Wildman–Crippen MR) is 126 cm³/mol. The molecular weight excluding hydrogens is 420 g/mol. The van der Waals surface area contributed by atoms with Gasteiger partial charge in [-0.1, -0.05) is 26.0 Å². The predicted octanol–water partition coefficient (Wildman–Crippen LogP) is 4.49. The Balaban J connectivity index is 1.29. The Labute approximate surface area is 195 Å². The Morgan fingerprint density at radius 3 is 2.48 bits per heavy atom. The molecule has 2 amide bonds. The molecule has 2 aliphatic rings. The highest BCUT2D eigenvalue weighted by Crippen LogP contribution is 2.34. The van der Waals surface area contributed by atoms with E-state index in [2.05, 4.69) is 25.2 Å². The highest BCUT2D eigenvalue weighted by atomic mass is 16.7. The molecule has 0 radical (unpaired) electrons. The van der Waals surface area contributed by atoms with Gasteiger partial charge in [-0.25, -0.2) is 0 Å². The third-order valence-electron chi connectivity index (χ3n) is 6.35. The Morgan fingerprint density at radius 1 is 1.03 bits per heavy atom. The first-order valence-electron chi connectivity index (χ1n) is 11.6. The van der Waals surface area contributed by atoms with Gasteiger partial charge in [0.05, 0.1) is 0 Å². The van der Waals surface area contributed by atoms with Gasteiger partial charge in [-0.2, -0.15) is 0 Å². The number of rotatable bonds is 6. The van der Waals surface area contributed by atoms with Gasteiger partial charge < -0.3 is 24.4 Å². The first kappa shape index (κ1) is 23.0. The maximum Gasteiger partial charge on any atom is 0.263 e. The van der Waals surface area contributed by atoms with Gasteiger partial charge in [-0.05, 0) is 61.9 Å². The maximum absolute atomic E-state index is 13.0. The summed E-state index contributed by atoms with van der Waals surface area (Å²) in [5, 5.41) is 2.96. The second kappa shape index (κ2) is 9.73. The molecule has 1 fully saturated rings. The van der Waals surface area contributed by atoms with Crippen LogP contribution < -0.4 is 19.5 Å². The first-order chi connectivity index (χ1) is 15.8. The van der Waals surface area contributed by atoms with E-state index in [9.17, 15) is 9.59 Å². The third kappa shape index (κ3) is 5.24. The van der Waals surface area contributed by atoms with Crippen LogP contribution in [0.3, 0.4) is 0 Å². The number of anilines is 1. The van der Waals surface area contributed by atoms with Gasteiger partial charge in [0.25, 0.3) is 5.91 Å². The summed E-state index contributed by atoms with van der Waals surface area (Å²) < 4.78 is 16.7. The van der Waals surface area contributed by atoms with Crippen molar-refractivity contribution >= 4 is 17.5 Å². The molecule has 2 aromatic rings. The monoisotopic (exact) mass is 452 g/mol. The maximum atomic E-state index is 13.0. The van der Waals surface area contributed by atoms with E-state index in [0.717, 1.165) is 11.3 Å². The second-order valence-corrected chi connectivity index (χ2v) is 9.10. The fourth-order valence-corrected chi connectivity index (χ4v) is 4.18. The van der Waals surface area contributed by atoms with Crippen LogP contribution in [0.1, 0.15) is 50.7 Å². The SMILES string of the molecule is Cc1ccc(C(C)C)cc1OC(C)C(=O)N1CCC(C(=O)Nc2ccc3c(c2)OCO3)CC1. The molecule has 4 rings (SSSR count). The van der Waals surface area contributed by atoms with Crippen LogP contribution >= 0.6 is 0 Å². The molecule has 7 nitrogen and oxygen atoms in total. The number of aryl methyl sites for hydroxylation is 1. The zero-order valence-electron chi connectivity index (χ0n) is 19.7. The summed E-state index contributed by atoms with van der Waals surface area (Å²) >= 11 is 0. The summed E-state index contributed by atoms with van der Waals surface area (Å²) in [7, 11) is 0. The highest BCUT2D eigenvalue weighted by molar-refractivity contribution is 5.93. The molecule has 7 heteroatoms. The fraction of sp³-hybridized carbons (Fsp3) is 0.462. The number of nitrogens with one attached hydrogen (secondary N) is 1. The number of likely N-dealkylation sites (tertiary alicyclic amines) is 1. The third-order valence-corrected chi connectivity index (χ3v) is 6.35. The normalized spacial score (nSPS) is 16.6. The zero-order chi connectivity index (χ0) is 23.5. The van der Waals surface area contributed by atoms with E-state index in [4.69, 9.17) is 14.2 Å². The van der Waals surface area contributed by atoms with Crippen LogP contribution in [0.15, 0.2) is 36.4 Å². The number of hydrogen-bond acceptors (Lipinski definition) is 5. The Hall–Kier alpha value is -3.22. The average molecular weight is 453 g/mol. The smallest absolute Gasteiger partial charge is 0.263 e. The number of piperidine rings is 1. The van der Waals surface area contributed by atoms with Crippen LogP contribution in [0.2, 0.25) is 0 Å². The Morgan fingerprint density at radius 2 is 1.76 bits per heavy atom. The largest absolute Gasteiger partial charge is 0.481 e. The molecule has 1 saturated heterocycles. The van der Waals surface area contributed by atoms with Crippen molar-refractivity contribution in [1.29, 1.82) is 0 Å². The summed E-state index contributed by atoms with van der Waals surface area (Å²) in [5.74, 6) is 2.24. The van der Waals surface area contributed by atoms with Crippen LogP contribution in [-0.2, 0) is 9.59 Å². The summed E-state index contributed by atoms with van der Waals surface area (Å²) in [5.41, 5.74) is 2.88. The lowest BCUT2D eigenvalue weighted by Crippen LogP contribution is -2.46. The van der Waals surface area contributed by atoms with Crippen molar-refractivity contribution in [3.8, 4) is 17.2 Å². The lowest BCUT2D eigenvalue weighted by atomic mass is 9.95. The van der Waals surface area contributed by atoms with Crippen molar-refractivity contribution in [1.82, 2.24) is 4.90 Å². The zero-order valence-corrected chi connectivity index (χ0v) is 19.7. The van der Waals surface area contributed by atoms with Crippen molar-refractivity contribution in [2.75, 3.05) is 25.2 Å². The van der Waals surface area contributed by atoms with E-state index in [1.807, 2.05) is 19.1 Å². The van der Waals surface area contributed by atoms with E-state index in [-0.39, 0.29) is 24.5 Å². The minimum Gasteiger partial charge on any atom is -0.481 e.